The molecule has 0 nitrogen and oxygen atoms in total. The van der Waals surface area contributed by atoms with Crippen molar-refractivity contribution in [1.82, 2.24) is 0 Å². The minimum absolute atomic E-state index is 0. The molecule has 0 aliphatic rings. The van der Waals surface area contributed by atoms with Crippen molar-refractivity contribution in [2.75, 3.05) is 0 Å². The maximum atomic E-state index is 3.25. The van der Waals surface area contributed by atoms with Gasteiger partial charge in [0.25, 0.3) is 0 Å². The van der Waals surface area contributed by atoms with Gasteiger partial charge in [0, 0.05) is 37.7 Å². The van der Waals surface area contributed by atoms with E-state index in [0.29, 0.717) is 0 Å². The third-order valence-corrected chi connectivity index (χ3v) is 0. The molecular weight excluding hydrogens is 153 g/mol. The first-order valence-corrected chi connectivity index (χ1v) is 1.41. The summed E-state index contributed by atoms with van der Waals surface area (Å²) < 4.78 is 0. The smallest absolute Gasteiger partial charge is 0.346 e. The van der Waals surface area contributed by atoms with Crippen molar-refractivity contribution in [3.63, 3.8) is 0 Å². The van der Waals surface area contributed by atoms with Gasteiger partial charge in [-0.15, -0.1) is 0 Å². The number of hydrogen-bond acceptors (Lipinski definition) is 0. The zero-order valence-corrected chi connectivity index (χ0v) is 8.15. The van der Waals surface area contributed by atoms with Gasteiger partial charge >= 0.3 is 19.5 Å². The van der Waals surface area contributed by atoms with E-state index in [1.807, 2.05) is 0 Å². The summed E-state index contributed by atoms with van der Waals surface area (Å²) in [5, 5.41) is 0. The maximum absolute atomic E-state index is 3.25. The third-order valence-electron chi connectivity index (χ3n) is 0. The fourth-order valence-electron chi connectivity index (χ4n) is 0. The molecule has 0 aromatic heterocycles. The van der Waals surface area contributed by atoms with E-state index in [4.69, 9.17) is 0 Å². The molecule has 0 aliphatic heterocycles. The van der Waals surface area contributed by atoms with Gasteiger partial charge < -0.3 is 13.8 Å². The Kier molecular flexibility index (Phi) is 277. The van der Waals surface area contributed by atoms with Crippen LogP contribution in [0.15, 0.2) is 0 Å². The van der Waals surface area contributed by atoms with Crippen LogP contribution in [0.4, 0.5) is 0 Å². The van der Waals surface area contributed by atoms with E-state index in [0.717, 1.165) is 0 Å². The Morgan fingerprint density at radius 2 is 0.833 bits per heavy atom. The zero-order chi connectivity index (χ0) is 4.00. The van der Waals surface area contributed by atoms with Crippen LogP contribution < -0.4 is 0 Å². The van der Waals surface area contributed by atoms with Crippen molar-refractivity contribution >= 4 is 0 Å². The van der Waals surface area contributed by atoms with Gasteiger partial charge in [0.05, 0.1) is 0 Å². The SMILES string of the molecule is [Ar].[CH2-]C.[CH2-]C.[Zn+2]. The van der Waals surface area contributed by atoms with E-state index >= 15 is 0 Å². The van der Waals surface area contributed by atoms with Crippen LogP contribution in [-0.2, 0) is 19.5 Å². The second-order valence-electron chi connectivity index (χ2n) is 0. The standard InChI is InChI=1S/2C2H5.Ar.Zn/c2*1-2;;/h2*1H2,2H3;;/q2*-1;;+2. The van der Waals surface area contributed by atoms with Crippen LogP contribution in [0.3, 0.4) is 0 Å². The molecule has 0 heterocycles. The fraction of sp³-hybridized carbons (Fsp3) is 0.500. The minimum Gasteiger partial charge on any atom is -0.346 e. The fourth-order valence-corrected chi connectivity index (χ4v) is 0. The van der Waals surface area contributed by atoms with Crippen molar-refractivity contribution in [2.45, 2.75) is 13.8 Å². The summed E-state index contributed by atoms with van der Waals surface area (Å²) in [6.07, 6.45) is 0. The molecule has 0 aromatic carbocycles. The van der Waals surface area contributed by atoms with Gasteiger partial charge in [-0.25, -0.2) is 0 Å². The maximum Gasteiger partial charge on any atom is 2.00 e. The molecule has 0 unspecified atom stereocenters. The second kappa shape index (κ2) is 67.2. The number of rotatable bonds is 0. The van der Waals surface area contributed by atoms with Crippen LogP contribution in [0, 0.1) is 51.6 Å². The molecule has 0 saturated heterocycles. The summed E-state index contributed by atoms with van der Waals surface area (Å²) in [6.45, 7) is 10.0. The molecule has 0 spiro atoms. The second-order valence-corrected chi connectivity index (χ2v) is 0. The average Bonchev–Trinajstić information content (AvgIpc) is 1.50. The Morgan fingerprint density at radius 3 is 0.833 bits per heavy atom. The van der Waals surface area contributed by atoms with Gasteiger partial charge in [-0.1, -0.05) is 0 Å². The topological polar surface area (TPSA) is 0 Å². The van der Waals surface area contributed by atoms with Crippen molar-refractivity contribution < 1.29 is 57.2 Å². The zero-order valence-electron chi connectivity index (χ0n) is 4.47. The Balaban J connectivity index is -0.00000000500. The largest absolute Gasteiger partial charge is 2.00 e. The van der Waals surface area contributed by atoms with E-state index < -0.39 is 0 Å². The quantitative estimate of drug-likeness (QED) is 0.377. The molecule has 0 fully saturated rings. The van der Waals surface area contributed by atoms with Crippen LogP contribution in [0.2, 0.25) is 0 Å². The Morgan fingerprint density at radius 1 is 0.833 bits per heavy atom. The van der Waals surface area contributed by atoms with E-state index in [-0.39, 0.29) is 57.2 Å². The van der Waals surface area contributed by atoms with Crippen LogP contribution in [0.1, 0.15) is 13.8 Å². The first kappa shape index (κ1) is 24.8. The molecule has 0 aromatic rings. The van der Waals surface area contributed by atoms with Gasteiger partial charge in [0.15, 0.2) is 0 Å². The normalized spacial score (nSPS) is 2.00. The molecule has 6 heavy (non-hydrogen) atoms. The summed E-state index contributed by atoms with van der Waals surface area (Å²) in [5.41, 5.74) is 0. The van der Waals surface area contributed by atoms with Gasteiger partial charge in [-0.3, -0.25) is 0 Å². The summed E-state index contributed by atoms with van der Waals surface area (Å²) in [4.78, 5) is 0. The summed E-state index contributed by atoms with van der Waals surface area (Å²) in [6, 6.07) is 0. The van der Waals surface area contributed by atoms with Gasteiger partial charge in [-0.2, -0.15) is 13.8 Å². The van der Waals surface area contributed by atoms with E-state index in [1.54, 1.807) is 13.8 Å². The monoisotopic (exact) mass is 162 g/mol. The molecule has 0 amide bonds. The molecule has 0 rings (SSSR count). The minimum atomic E-state index is 0. The summed E-state index contributed by atoms with van der Waals surface area (Å²) >= 11 is 0. The van der Waals surface area contributed by atoms with Crippen LogP contribution >= 0.6 is 0 Å². The molecule has 0 aliphatic carbocycles. The molecule has 2 heteroatoms. The van der Waals surface area contributed by atoms with Crippen molar-refractivity contribution in [3.8, 4) is 0 Å². The first-order chi connectivity index (χ1) is 2.00. The van der Waals surface area contributed by atoms with E-state index in [2.05, 4.69) is 13.8 Å². The molecule has 36 valence electrons. The first-order valence-electron chi connectivity index (χ1n) is 1.41. The molecule has 0 radical (unpaired) electrons. The van der Waals surface area contributed by atoms with Gasteiger partial charge in [0.1, 0.15) is 0 Å². The Bertz CT molecular complexity index is 7.51. The van der Waals surface area contributed by atoms with Crippen molar-refractivity contribution in [2.24, 2.45) is 0 Å². The van der Waals surface area contributed by atoms with E-state index in [1.165, 1.54) is 0 Å². The van der Waals surface area contributed by atoms with Gasteiger partial charge in [0.2, 0.25) is 0 Å². The van der Waals surface area contributed by atoms with Crippen LogP contribution in [-0.4, -0.2) is 0 Å². The molecule has 0 bridgehead atoms. The average molecular weight is 163 g/mol. The predicted molar refractivity (Wildman–Crippen MR) is 22.1 cm³/mol. The Hall–Kier alpha value is 1.88. The summed E-state index contributed by atoms with van der Waals surface area (Å²) in [7, 11) is 0. The Labute approximate surface area is 83.8 Å². The molecule has 0 saturated carbocycles. The van der Waals surface area contributed by atoms with Crippen molar-refractivity contribution in [3.05, 3.63) is 13.8 Å². The molecular formula is C4H10ArZn. The van der Waals surface area contributed by atoms with E-state index in [9.17, 15) is 0 Å². The summed E-state index contributed by atoms with van der Waals surface area (Å²) in [5.74, 6) is 0. The molecule has 0 N–H and O–H groups in total. The molecule has 0 atom stereocenters. The van der Waals surface area contributed by atoms with Crippen molar-refractivity contribution in [1.29, 1.82) is 0 Å². The third kappa shape index (κ3) is 39.6. The van der Waals surface area contributed by atoms with Crippen LogP contribution in [0.25, 0.3) is 0 Å². The van der Waals surface area contributed by atoms with Crippen LogP contribution in [0.5, 0.6) is 0 Å². The predicted octanol–water partition coefficient (Wildman–Crippen LogP) is 1.68. The van der Waals surface area contributed by atoms with Gasteiger partial charge in [-0.05, 0) is 0 Å². The number of hydrogen-bond donors (Lipinski definition) is 0.